The number of aromatic hydroxyl groups is 2. The predicted molar refractivity (Wildman–Crippen MR) is 195 cm³/mol. The van der Waals surface area contributed by atoms with Crippen molar-refractivity contribution < 1.29 is 40.2 Å². The van der Waals surface area contributed by atoms with Gasteiger partial charge in [0.05, 0.1) is 49.6 Å². The van der Waals surface area contributed by atoms with Crippen LogP contribution in [0.1, 0.15) is 34.2 Å². The van der Waals surface area contributed by atoms with Crippen molar-refractivity contribution in [3.63, 3.8) is 0 Å². The summed E-state index contributed by atoms with van der Waals surface area (Å²) in [6, 6.07) is 17.4. The number of nitrogens with zero attached hydrogens (tertiary/aromatic N) is 3. The fraction of sp³-hybridized carbons (Fsp3) is 0.474. The van der Waals surface area contributed by atoms with E-state index in [0.29, 0.717) is 43.9 Å². The number of carbonyl (C=O) groups excluding carboxylic acids is 2. The van der Waals surface area contributed by atoms with Crippen LogP contribution < -0.4 is 10.6 Å². The van der Waals surface area contributed by atoms with Gasteiger partial charge in [-0.2, -0.15) is 0 Å². The minimum Gasteiger partial charge on any atom is -0.505 e. The van der Waals surface area contributed by atoms with Crippen LogP contribution >= 0.6 is 0 Å². The van der Waals surface area contributed by atoms with Crippen molar-refractivity contribution in [1.29, 1.82) is 0 Å². The Morgan fingerprint density at radius 3 is 1.41 bits per heavy atom. The Labute approximate surface area is 299 Å². The molecule has 51 heavy (non-hydrogen) atoms. The number of carbonyl (C=O) groups is 2. The van der Waals surface area contributed by atoms with Gasteiger partial charge in [-0.05, 0) is 62.2 Å². The van der Waals surface area contributed by atoms with Crippen molar-refractivity contribution in [1.82, 2.24) is 14.7 Å². The maximum Gasteiger partial charge on any atom is 0.232 e. The van der Waals surface area contributed by atoms with Crippen molar-refractivity contribution in [2.45, 2.75) is 39.9 Å². The van der Waals surface area contributed by atoms with E-state index in [1.807, 2.05) is 44.2 Å². The summed E-state index contributed by atoms with van der Waals surface area (Å²) in [6.45, 7) is 7.64. The zero-order valence-electron chi connectivity index (χ0n) is 29.6. The normalized spacial score (nSPS) is 15.3. The number of aliphatic hydroxyl groups is 4. The maximum atomic E-state index is 12.6. The number of hydrogen-bond donors (Lipinski definition) is 8. The van der Waals surface area contributed by atoms with Crippen molar-refractivity contribution in [3.8, 4) is 11.5 Å². The monoisotopic (exact) mass is 707 g/mol. The summed E-state index contributed by atoms with van der Waals surface area (Å²) in [6.07, 6.45) is 0.891. The molecule has 0 atom stereocenters. The molecule has 1 aliphatic heterocycles. The molecule has 0 bridgehead atoms. The number of aliphatic hydroxyl groups excluding tert-OH is 4. The molecular formula is C38H53N5O8. The fourth-order valence-corrected chi connectivity index (χ4v) is 6.27. The van der Waals surface area contributed by atoms with Crippen LogP contribution in [0.15, 0.2) is 54.6 Å². The molecule has 0 saturated carbocycles. The minimum atomic E-state index is -1.00. The van der Waals surface area contributed by atoms with E-state index in [4.69, 9.17) is 0 Å². The van der Waals surface area contributed by atoms with Crippen molar-refractivity contribution in [2.75, 3.05) is 76.3 Å². The molecule has 0 unspecified atom stereocenters. The SMILES string of the molecule is Cc1cc(CN2CCCN(Cc3ccccc3)CCN(Cc3cc(C)cc(NC(=O)C(CO)CO)c3O)CC2)c(O)c(NC(=O)C(CO)CO)c1. The van der Waals surface area contributed by atoms with E-state index in [-0.39, 0.29) is 22.9 Å². The smallest absolute Gasteiger partial charge is 0.232 e. The first-order chi connectivity index (χ1) is 24.5. The number of anilines is 2. The largest absolute Gasteiger partial charge is 0.505 e. The molecule has 1 saturated heterocycles. The van der Waals surface area contributed by atoms with Gasteiger partial charge in [-0.15, -0.1) is 0 Å². The summed E-state index contributed by atoms with van der Waals surface area (Å²) in [4.78, 5) is 32.1. The molecule has 0 spiro atoms. The third-order valence-electron chi connectivity index (χ3n) is 9.26. The van der Waals surface area contributed by atoms with E-state index in [1.165, 1.54) is 5.56 Å². The minimum absolute atomic E-state index is 0.0628. The second kappa shape index (κ2) is 19.5. The topological polar surface area (TPSA) is 189 Å². The quantitative estimate of drug-likeness (QED) is 0.115. The number of nitrogens with one attached hydrogen (secondary N) is 2. The second-order valence-electron chi connectivity index (χ2n) is 13.4. The van der Waals surface area contributed by atoms with Crippen LogP contribution in [-0.2, 0) is 29.2 Å². The molecule has 1 fully saturated rings. The predicted octanol–water partition coefficient (Wildman–Crippen LogP) is 2.00. The molecule has 0 aromatic heterocycles. The molecule has 8 N–H and O–H groups in total. The van der Waals surface area contributed by atoms with Gasteiger partial charge < -0.3 is 41.3 Å². The lowest BCUT2D eigenvalue weighted by atomic mass is 10.1. The van der Waals surface area contributed by atoms with Crippen LogP contribution in [0.5, 0.6) is 11.5 Å². The molecular weight excluding hydrogens is 654 g/mol. The summed E-state index contributed by atoms with van der Waals surface area (Å²) >= 11 is 0. The van der Waals surface area contributed by atoms with E-state index < -0.39 is 50.1 Å². The van der Waals surface area contributed by atoms with Gasteiger partial charge in [-0.3, -0.25) is 24.3 Å². The van der Waals surface area contributed by atoms with Gasteiger partial charge in [0.2, 0.25) is 11.8 Å². The van der Waals surface area contributed by atoms with Crippen LogP contribution in [0.3, 0.4) is 0 Å². The number of phenols is 2. The van der Waals surface area contributed by atoms with Gasteiger partial charge in [0.1, 0.15) is 11.5 Å². The average Bonchev–Trinajstić information content (AvgIpc) is 3.10. The molecule has 1 aliphatic rings. The molecule has 0 radical (unpaired) electrons. The Morgan fingerprint density at radius 2 is 1.00 bits per heavy atom. The number of phenolic OH excluding ortho intramolecular Hbond substituents is 2. The van der Waals surface area contributed by atoms with Gasteiger partial charge >= 0.3 is 0 Å². The number of rotatable bonds is 14. The Kier molecular flexibility index (Phi) is 15.2. The number of amides is 2. The summed E-state index contributed by atoms with van der Waals surface area (Å²) in [5, 5.41) is 65.7. The molecule has 4 rings (SSSR count). The van der Waals surface area contributed by atoms with Crippen LogP contribution in [0.2, 0.25) is 0 Å². The Bertz CT molecular complexity index is 1580. The molecule has 1 heterocycles. The summed E-state index contributed by atoms with van der Waals surface area (Å²) in [5.41, 5.74) is 4.59. The highest BCUT2D eigenvalue weighted by atomic mass is 16.3. The maximum absolute atomic E-state index is 12.6. The lowest BCUT2D eigenvalue weighted by Gasteiger charge is -2.33. The van der Waals surface area contributed by atoms with Crippen LogP contribution in [0, 0.1) is 25.7 Å². The van der Waals surface area contributed by atoms with Gasteiger partial charge in [-0.1, -0.05) is 42.5 Å². The average molecular weight is 708 g/mol. The molecule has 0 aliphatic carbocycles. The summed E-state index contributed by atoms with van der Waals surface area (Å²) < 4.78 is 0. The summed E-state index contributed by atoms with van der Waals surface area (Å²) in [7, 11) is 0. The fourth-order valence-electron chi connectivity index (χ4n) is 6.27. The van der Waals surface area contributed by atoms with Gasteiger partial charge in [-0.25, -0.2) is 0 Å². The Hall–Kier alpha value is -4.08. The van der Waals surface area contributed by atoms with Crippen LogP contribution in [0.4, 0.5) is 11.4 Å². The van der Waals surface area contributed by atoms with E-state index in [2.05, 4.69) is 37.5 Å². The molecule has 13 nitrogen and oxygen atoms in total. The van der Waals surface area contributed by atoms with E-state index in [1.54, 1.807) is 12.1 Å². The Morgan fingerprint density at radius 1 is 0.608 bits per heavy atom. The number of aryl methyl sites for hydroxylation is 2. The van der Waals surface area contributed by atoms with Gasteiger partial charge in [0.15, 0.2) is 0 Å². The first kappa shape index (κ1) is 39.7. The highest BCUT2D eigenvalue weighted by Gasteiger charge is 2.23. The van der Waals surface area contributed by atoms with Crippen LogP contribution in [-0.4, -0.2) is 123 Å². The number of hydrogen-bond acceptors (Lipinski definition) is 11. The van der Waals surface area contributed by atoms with Gasteiger partial charge in [0, 0.05) is 56.9 Å². The molecule has 3 aromatic rings. The molecule has 3 aromatic carbocycles. The van der Waals surface area contributed by atoms with E-state index in [9.17, 15) is 40.2 Å². The molecule has 13 heteroatoms. The lowest BCUT2D eigenvalue weighted by molar-refractivity contribution is -0.123. The zero-order valence-corrected chi connectivity index (χ0v) is 29.6. The van der Waals surface area contributed by atoms with Crippen molar-refractivity contribution in [2.24, 2.45) is 11.8 Å². The van der Waals surface area contributed by atoms with E-state index in [0.717, 1.165) is 43.7 Å². The Balaban J connectivity index is 1.57. The standard InChI is InChI=1S/C38H53N5O8/c1-26-15-29(35(48)33(17-26)39-37(50)31(22-44)23-45)20-42-10-6-9-41(19-28-7-4-3-5-8-28)11-13-43(14-12-42)21-30-16-27(2)18-34(36(30)49)40-38(51)32(24-46)25-47/h3-5,7-8,15-18,31-32,44-49H,6,9-14,19-25H2,1-2H3,(H,39,50)(H,40,51). The first-order valence-electron chi connectivity index (χ1n) is 17.5. The molecule has 2 amide bonds. The highest BCUT2D eigenvalue weighted by Crippen LogP contribution is 2.32. The van der Waals surface area contributed by atoms with Gasteiger partial charge in [0.25, 0.3) is 0 Å². The zero-order chi connectivity index (χ0) is 36.9. The lowest BCUT2D eigenvalue weighted by Crippen LogP contribution is -2.42. The van der Waals surface area contributed by atoms with E-state index >= 15 is 0 Å². The third kappa shape index (κ3) is 11.5. The second-order valence-corrected chi connectivity index (χ2v) is 13.4. The third-order valence-corrected chi connectivity index (χ3v) is 9.26. The van der Waals surface area contributed by atoms with Crippen molar-refractivity contribution >= 4 is 23.2 Å². The number of benzene rings is 3. The molecule has 278 valence electrons. The van der Waals surface area contributed by atoms with Crippen molar-refractivity contribution in [3.05, 3.63) is 82.4 Å². The van der Waals surface area contributed by atoms with Crippen LogP contribution in [0.25, 0.3) is 0 Å². The first-order valence-corrected chi connectivity index (χ1v) is 17.5. The highest BCUT2D eigenvalue weighted by molar-refractivity contribution is 5.95. The summed E-state index contributed by atoms with van der Waals surface area (Å²) in [5.74, 6) is -3.30.